The Labute approximate surface area is 113 Å². The van der Waals surface area contributed by atoms with Gasteiger partial charge in [-0.15, -0.1) is 0 Å². The molecule has 0 radical (unpaired) electrons. The molecule has 1 aromatic rings. The number of halogens is 5. The molecule has 1 rings (SSSR count). The molecule has 0 fully saturated rings. The van der Waals surface area contributed by atoms with E-state index in [1.807, 2.05) is 0 Å². The molecule has 110 valence electrons. The van der Waals surface area contributed by atoms with Crippen LogP contribution in [0, 0.1) is 0 Å². The van der Waals surface area contributed by atoms with Gasteiger partial charge in [-0.2, -0.15) is 13.2 Å². The quantitative estimate of drug-likeness (QED) is 0.465. The van der Waals surface area contributed by atoms with E-state index in [2.05, 4.69) is 4.65 Å². The molecule has 0 bridgehead atoms. The second-order valence-corrected chi connectivity index (χ2v) is 4.06. The number of methoxy groups -OCH3 is 1. The van der Waals surface area contributed by atoms with Gasteiger partial charge in [-0.25, -0.2) is 8.63 Å². The topological polar surface area (TPSA) is 18.5 Å². The monoisotopic (exact) mass is 294 g/mol. The Morgan fingerprint density at radius 3 is 2.10 bits per heavy atom. The molecule has 0 spiro atoms. The van der Waals surface area contributed by atoms with Crippen LogP contribution in [0.1, 0.15) is 12.5 Å². The van der Waals surface area contributed by atoms with Crippen LogP contribution >= 0.6 is 0 Å². The van der Waals surface area contributed by atoms with Crippen LogP contribution in [0.25, 0.3) is 0 Å². The predicted octanol–water partition coefficient (Wildman–Crippen LogP) is 3.93. The van der Waals surface area contributed by atoms with E-state index >= 15 is 0 Å². The van der Waals surface area contributed by atoms with Gasteiger partial charge in [0.25, 0.3) is 0 Å². The minimum absolute atomic E-state index is 0.377. The Bertz CT molecular complexity index is 461. The molecule has 0 saturated heterocycles. The second-order valence-electron chi connectivity index (χ2n) is 4.06. The summed E-state index contributed by atoms with van der Waals surface area (Å²) in [7, 11) is -2.39. The minimum Gasteiger partial charge on any atom is -0.502 e. The first-order valence-corrected chi connectivity index (χ1v) is 5.54. The summed E-state index contributed by atoms with van der Waals surface area (Å²) in [6, 6.07) is 7.92. The highest BCUT2D eigenvalue weighted by atomic mass is 19.4. The maximum Gasteiger partial charge on any atom is 0.796 e. The number of allylic oxidation sites excluding steroid dienone is 1. The number of benzene rings is 1. The first kappa shape index (κ1) is 16.5. The van der Waals surface area contributed by atoms with E-state index in [0.717, 1.165) is 0 Å². The molecule has 1 aromatic carbocycles. The zero-order valence-corrected chi connectivity index (χ0v) is 10.7. The van der Waals surface area contributed by atoms with Crippen molar-refractivity contribution < 1.29 is 31.2 Å². The zero-order valence-electron chi connectivity index (χ0n) is 10.7. The van der Waals surface area contributed by atoms with Crippen molar-refractivity contribution in [3.8, 4) is 0 Å². The lowest BCUT2D eigenvalue weighted by molar-refractivity contribution is -0.121. The highest BCUT2D eigenvalue weighted by Crippen LogP contribution is 2.34. The van der Waals surface area contributed by atoms with Crippen molar-refractivity contribution in [3.05, 3.63) is 47.7 Å². The van der Waals surface area contributed by atoms with E-state index in [9.17, 15) is 21.8 Å². The van der Waals surface area contributed by atoms with Crippen molar-refractivity contribution in [1.82, 2.24) is 0 Å². The van der Waals surface area contributed by atoms with Gasteiger partial charge in [0.05, 0.1) is 0 Å². The largest absolute Gasteiger partial charge is 0.796 e. The van der Waals surface area contributed by atoms with Crippen LogP contribution in [0.3, 0.4) is 0 Å². The van der Waals surface area contributed by atoms with E-state index in [-0.39, 0.29) is 0 Å². The maximum atomic E-state index is 12.7. The summed E-state index contributed by atoms with van der Waals surface area (Å²) in [4.78, 5) is 0. The van der Waals surface area contributed by atoms with Gasteiger partial charge in [-0.1, -0.05) is 30.3 Å². The summed E-state index contributed by atoms with van der Waals surface area (Å²) in [5.41, 5.74) is -1.16. The zero-order chi connectivity index (χ0) is 15.4. The summed E-state index contributed by atoms with van der Waals surface area (Å²) in [6.45, 7) is 1.32. The molecule has 0 N–H and O–H groups in total. The summed E-state index contributed by atoms with van der Waals surface area (Å²) in [6.07, 6.45) is -4.54. The number of alkyl halides is 3. The fourth-order valence-electron chi connectivity index (χ4n) is 1.56. The third-order valence-corrected chi connectivity index (χ3v) is 2.67. The summed E-state index contributed by atoms with van der Waals surface area (Å²) >= 11 is 0. The first-order valence-electron chi connectivity index (χ1n) is 5.54. The highest BCUT2D eigenvalue weighted by Gasteiger charge is 2.42. The Morgan fingerprint density at radius 2 is 1.70 bits per heavy atom. The number of hydrogen-bond acceptors (Lipinski definition) is 2. The Balaban J connectivity index is 3.24. The molecule has 0 aromatic heterocycles. The van der Waals surface area contributed by atoms with Crippen molar-refractivity contribution in [2.24, 2.45) is 0 Å². The molecule has 0 saturated carbocycles. The van der Waals surface area contributed by atoms with Gasteiger partial charge in [0.2, 0.25) is 0 Å². The Morgan fingerprint density at radius 1 is 1.15 bits per heavy atom. The van der Waals surface area contributed by atoms with E-state index in [1.54, 1.807) is 18.2 Å². The fourth-order valence-corrected chi connectivity index (χ4v) is 1.56. The molecule has 0 amide bonds. The van der Waals surface area contributed by atoms with Gasteiger partial charge in [-0.05, 0) is 18.6 Å². The fraction of sp³-hybridized carbons (Fsp3) is 0.333. The van der Waals surface area contributed by atoms with Gasteiger partial charge in [-0.3, -0.25) is 0 Å². The molecule has 0 aliphatic rings. The SMILES string of the molecule is COC(C)(/C=C(\OB(F)F)C(F)(F)F)c1ccccc1. The van der Waals surface area contributed by atoms with Gasteiger partial charge < -0.3 is 9.39 Å². The van der Waals surface area contributed by atoms with E-state index in [0.29, 0.717) is 11.6 Å². The van der Waals surface area contributed by atoms with Crippen LogP contribution < -0.4 is 0 Å². The molecule has 2 nitrogen and oxygen atoms in total. The van der Waals surface area contributed by atoms with E-state index in [1.165, 1.54) is 26.2 Å². The molecule has 8 heteroatoms. The molecular formula is C12H12BF5O2. The average Bonchev–Trinajstić information content (AvgIpc) is 2.37. The van der Waals surface area contributed by atoms with Gasteiger partial charge in [0, 0.05) is 7.11 Å². The average molecular weight is 294 g/mol. The lowest BCUT2D eigenvalue weighted by Gasteiger charge is -2.27. The Hall–Kier alpha value is -1.57. The van der Waals surface area contributed by atoms with Crippen molar-refractivity contribution >= 4 is 7.47 Å². The lowest BCUT2D eigenvalue weighted by atomic mass is 9.94. The van der Waals surface area contributed by atoms with E-state index < -0.39 is 25.0 Å². The van der Waals surface area contributed by atoms with Crippen LogP contribution in [-0.2, 0) is 15.0 Å². The minimum atomic E-state index is -5.04. The van der Waals surface area contributed by atoms with Crippen LogP contribution in [0.5, 0.6) is 0 Å². The third kappa shape index (κ3) is 4.23. The normalized spacial score (nSPS) is 15.7. The molecule has 1 atom stereocenters. The molecule has 20 heavy (non-hydrogen) atoms. The van der Waals surface area contributed by atoms with Crippen LogP contribution in [-0.4, -0.2) is 20.8 Å². The molecule has 0 heterocycles. The molecule has 1 unspecified atom stereocenters. The van der Waals surface area contributed by atoms with Gasteiger partial charge >= 0.3 is 13.6 Å². The Kier molecular flexibility index (Phi) is 5.16. The molecule has 0 aliphatic carbocycles. The number of ether oxygens (including phenoxy) is 1. The van der Waals surface area contributed by atoms with E-state index in [4.69, 9.17) is 4.74 Å². The van der Waals surface area contributed by atoms with Crippen LogP contribution in [0.2, 0.25) is 0 Å². The molecular weight excluding hydrogens is 282 g/mol. The highest BCUT2D eigenvalue weighted by molar-refractivity contribution is 6.34. The second kappa shape index (κ2) is 6.26. The van der Waals surface area contributed by atoms with Gasteiger partial charge in [0.1, 0.15) is 5.60 Å². The lowest BCUT2D eigenvalue weighted by Crippen LogP contribution is -2.27. The van der Waals surface area contributed by atoms with Crippen LogP contribution in [0.15, 0.2) is 42.2 Å². The van der Waals surface area contributed by atoms with Crippen molar-refractivity contribution in [1.29, 1.82) is 0 Å². The predicted molar refractivity (Wildman–Crippen MR) is 64.0 cm³/mol. The standard InChI is InChI=1S/C12H12BF5O2/c1-11(19-2,9-6-4-3-5-7-9)8-10(12(14,15)16)20-13(17)18/h3-8H,1-2H3/b10-8-. The van der Waals surface area contributed by atoms with Crippen molar-refractivity contribution in [3.63, 3.8) is 0 Å². The summed E-state index contributed by atoms with van der Waals surface area (Å²) < 4.78 is 70.8. The van der Waals surface area contributed by atoms with Gasteiger partial charge in [0.15, 0.2) is 5.76 Å². The van der Waals surface area contributed by atoms with Crippen LogP contribution in [0.4, 0.5) is 21.8 Å². The first-order chi connectivity index (χ1) is 9.19. The van der Waals surface area contributed by atoms with Crippen molar-refractivity contribution in [2.75, 3.05) is 7.11 Å². The number of hydrogen-bond donors (Lipinski definition) is 0. The maximum absolute atomic E-state index is 12.7. The summed E-state index contributed by atoms with van der Waals surface area (Å²) in [5.74, 6) is -1.79. The molecule has 0 aliphatic heterocycles. The third-order valence-electron chi connectivity index (χ3n) is 2.67. The summed E-state index contributed by atoms with van der Waals surface area (Å²) in [5, 5.41) is 0. The smallest absolute Gasteiger partial charge is 0.502 e. The van der Waals surface area contributed by atoms with Crippen molar-refractivity contribution in [2.45, 2.75) is 18.7 Å². The number of rotatable bonds is 5.